The molecule has 0 spiro atoms. The van der Waals surface area contributed by atoms with Crippen molar-refractivity contribution in [1.29, 1.82) is 0 Å². The van der Waals surface area contributed by atoms with Gasteiger partial charge in [0.1, 0.15) is 0 Å². The van der Waals surface area contributed by atoms with Crippen LogP contribution in [-0.2, 0) is 14.0 Å². The molecule has 0 rings (SSSR count). The summed E-state index contributed by atoms with van der Waals surface area (Å²) >= 11 is 0. The molecule has 13 heavy (non-hydrogen) atoms. The van der Waals surface area contributed by atoms with Crippen LogP contribution in [0.1, 0.15) is 8.22 Å². The van der Waals surface area contributed by atoms with E-state index < -0.39 is 27.0 Å². The zero-order valence-electron chi connectivity index (χ0n) is 13.2. The van der Waals surface area contributed by atoms with Crippen molar-refractivity contribution >= 4 is 7.32 Å². The summed E-state index contributed by atoms with van der Waals surface area (Å²) in [6, 6.07) is 0. The topological polar surface area (TPSA) is 27.7 Å². The highest BCUT2D eigenvalue weighted by atomic mass is 16.7. The predicted molar refractivity (Wildman–Crippen MR) is 54.2 cm³/mol. The molecule has 0 aliphatic carbocycles. The van der Waals surface area contributed by atoms with Crippen molar-refractivity contribution < 1.29 is 22.2 Å². The molecule has 0 radical (unpaired) electrons. The summed E-state index contributed by atoms with van der Waals surface area (Å²) in [5.41, 5.74) is 0. The van der Waals surface area contributed by atoms with E-state index in [0.717, 1.165) is 18.2 Å². The Kier molecular flexibility index (Phi) is 3.66. The minimum atomic E-state index is -2.39. The van der Waals surface area contributed by atoms with E-state index in [1.54, 1.807) is 0 Å². The van der Waals surface area contributed by atoms with Crippen LogP contribution in [0.25, 0.3) is 0 Å². The summed E-state index contributed by atoms with van der Waals surface area (Å²) in [6.45, 7) is 2.37. The molecule has 0 aromatic rings. The highest BCUT2D eigenvalue weighted by molar-refractivity contribution is 6.36. The Bertz CT molecular complexity index is 295. The third-order valence-corrected chi connectivity index (χ3v) is 0.743. The largest absolute Gasteiger partial charge is 0.640 e. The fourth-order valence-corrected chi connectivity index (χ4v) is 0.383. The van der Waals surface area contributed by atoms with Crippen LogP contribution in [0.3, 0.4) is 0 Å². The molecule has 0 N–H and O–H groups in total. The molecule has 0 atom stereocenters. The van der Waals surface area contributed by atoms with Gasteiger partial charge < -0.3 is 14.0 Å². The Morgan fingerprint density at radius 3 is 1.46 bits per heavy atom. The monoisotopic (exact) mass is 188 g/mol. The fourth-order valence-electron chi connectivity index (χ4n) is 0.383. The van der Waals surface area contributed by atoms with E-state index in [1.807, 2.05) is 0 Å². The smallest absolute Gasteiger partial charge is 0.382 e. The Balaban J connectivity index is 4.99. The minimum Gasteiger partial charge on any atom is -0.382 e. The number of rotatable bonds is 9. The molecular formula is C9H15BO3. The molecule has 0 saturated heterocycles. The van der Waals surface area contributed by atoms with Gasteiger partial charge in [-0.2, -0.15) is 0 Å². The standard InChI is InChI=1S/C9H15BO3/c1-4-7-11-10(12-8-5-2)13-9-6-3/h4-6H,1-3,7-9H2/i7D2,8D2,9D2. The molecule has 0 amide bonds. The normalized spacial score (nSPS) is 19.4. The Hall–Kier alpha value is -0.835. The summed E-state index contributed by atoms with van der Waals surface area (Å²) in [6.07, 6.45) is 2.37. The zero-order chi connectivity index (χ0) is 15.3. The van der Waals surface area contributed by atoms with Crippen molar-refractivity contribution in [2.24, 2.45) is 0 Å². The van der Waals surface area contributed by atoms with E-state index in [1.165, 1.54) is 0 Å². The van der Waals surface area contributed by atoms with Gasteiger partial charge in [0.25, 0.3) is 0 Å². The Morgan fingerprint density at radius 2 is 1.23 bits per heavy atom. The van der Waals surface area contributed by atoms with Gasteiger partial charge in [-0.05, 0) is 0 Å². The third-order valence-electron chi connectivity index (χ3n) is 0.743. The lowest BCUT2D eigenvalue weighted by Gasteiger charge is -2.10. The van der Waals surface area contributed by atoms with Crippen LogP contribution < -0.4 is 0 Å². The van der Waals surface area contributed by atoms with Crippen molar-refractivity contribution in [3.63, 3.8) is 0 Å². The van der Waals surface area contributed by atoms with Crippen LogP contribution in [0.15, 0.2) is 38.0 Å². The predicted octanol–water partition coefficient (Wildman–Crippen LogP) is 1.58. The summed E-state index contributed by atoms with van der Waals surface area (Å²) in [4.78, 5) is 0. The molecule has 4 heteroatoms. The van der Waals surface area contributed by atoms with E-state index in [2.05, 4.69) is 33.7 Å². The van der Waals surface area contributed by atoms with Crippen molar-refractivity contribution in [3.05, 3.63) is 38.0 Å². The first kappa shape index (κ1) is 5.15. The zero-order valence-corrected chi connectivity index (χ0v) is 7.16. The SMILES string of the molecule is [2H]C([2H])(C=C)OB(OC([2H])([2H])C=C)OC([2H])([2H])C=C. The Labute approximate surface area is 88.3 Å². The maximum absolute atomic E-state index is 7.30. The van der Waals surface area contributed by atoms with Gasteiger partial charge in [-0.25, -0.2) is 0 Å². The average molecular weight is 188 g/mol. The molecule has 0 aromatic heterocycles. The molecule has 0 aromatic carbocycles. The van der Waals surface area contributed by atoms with Crippen LogP contribution >= 0.6 is 0 Å². The van der Waals surface area contributed by atoms with Gasteiger partial charge in [0.05, 0.1) is 27.9 Å². The lowest BCUT2D eigenvalue weighted by atomic mass is 10.2. The number of hydrogen-bond donors (Lipinski definition) is 0. The van der Waals surface area contributed by atoms with E-state index in [0.29, 0.717) is 0 Å². The fraction of sp³-hybridized carbons (Fsp3) is 0.333. The van der Waals surface area contributed by atoms with Gasteiger partial charge in [0, 0.05) is 0 Å². The molecule has 0 bridgehead atoms. The molecule has 0 aliphatic rings. The molecule has 0 unspecified atom stereocenters. The Morgan fingerprint density at radius 1 is 0.923 bits per heavy atom. The molecule has 0 fully saturated rings. The van der Waals surface area contributed by atoms with Gasteiger partial charge in [-0.3, -0.25) is 0 Å². The second kappa shape index (κ2) is 9.25. The molecule has 3 nitrogen and oxygen atoms in total. The van der Waals surface area contributed by atoms with Gasteiger partial charge in [0.2, 0.25) is 0 Å². The van der Waals surface area contributed by atoms with E-state index >= 15 is 0 Å². The van der Waals surface area contributed by atoms with E-state index in [9.17, 15) is 0 Å². The summed E-state index contributed by atoms with van der Waals surface area (Å²) in [5.74, 6) is 0. The molecular weight excluding hydrogens is 167 g/mol. The summed E-state index contributed by atoms with van der Waals surface area (Å²) < 4.78 is 57.8. The first-order chi connectivity index (χ1) is 8.47. The second-order valence-electron chi connectivity index (χ2n) is 1.61. The molecule has 0 aliphatic heterocycles. The molecule has 0 heterocycles. The van der Waals surface area contributed by atoms with E-state index in [4.69, 9.17) is 8.22 Å². The second-order valence-corrected chi connectivity index (χ2v) is 1.61. The van der Waals surface area contributed by atoms with Crippen LogP contribution in [0.2, 0.25) is 0 Å². The third kappa shape index (κ3) is 7.52. The highest BCUT2D eigenvalue weighted by Gasteiger charge is 2.18. The number of hydrogen-bond acceptors (Lipinski definition) is 3. The van der Waals surface area contributed by atoms with E-state index in [-0.39, 0.29) is 0 Å². The van der Waals surface area contributed by atoms with Crippen molar-refractivity contribution in [2.45, 2.75) is 0 Å². The van der Waals surface area contributed by atoms with Crippen LogP contribution in [0.5, 0.6) is 0 Å². The van der Waals surface area contributed by atoms with Crippen molar-refractivity contribution in [3.8, 4) is 0 Å². The van der Waals surface area contributed by atoms with Crippen molar-refractivity contribution in [1.82, 2.24) is 0 Å². The average Bonchev–Trinajstić information content (AvgIpc) is 2.27. The maximum atomic E-state index is 7.30. The lowest BCUT2D eigenvalue weighted by Crippen LogP contribution is -2.27. The van der Waals surface area contributed by atoms with Gasteiger partial charge in [0.15, 0.2) is 0 Å². The van der Waals surface area contributed by atoms with Gasteiger partial charge in [-0.1, -0.05) is 18.2 Å². The highest BCUT2D eigenvalue weighted by Crippen LogP contribution is 1.93. The molecule has 0 saturated carbocycles. The van der Waals surface area contributed by atoms with Crippen LogP contribution in [0, 0.1) is 0 Å². The summed E-state index contributed by atoms with van der Waals surface area (Å²) in [5, 5.41) is 0. The van der Waals surface area contributed by atoms with Gasteiger partial charge >= 0.3 is 7.32 Å². The van der Waals surface area contributed by atoms with Crippen molar-refractivity contribution in [2.75, 3.05) is 19.7 Å². The van der Waals surface area contributed by atoms with Gasteiger partial charge in [-0.15, -0.1) is 19.7 Å². The lowest BCUT2D eigenvalue weighted by molar-refractivity contribution is 0.123. The van der Waals surface area contributed by atoms with Crippen LogP contribution in [0.4, 0.5) is 0 Å². The molecule has 72 valence electrons. The maximum Gasteiger partial charge on any atom is 0.640 e. The van der Waals surface area contributed by atoms with Crippen LogP contribution in [-0.4, -0.2) is 27.0 Å². The quantitative estimate of drug-likeness (QED) is 0.406. The summed E-state index contributed by atoms with van der Waals surface area (Å²) in [7, 11) is -1.96. The minimum absolute atomic E-state index is 0.791. The first-order valence-corrected chi connectivity index (χ1v) is 3.41. The first-order valence-electron chi connectivity index (χ1n) is 6.41.